The Hall–Kier alpha value is -0.830. The lowest BCUT2D eigenvalue weighted by Gasteiger charge is -2.25. The number of hydrogen-bond acceptors (Lipinski definition) is 2. The predicted octanol–water partition coefficient (Wildman–Crippen LogP) is 3.81. The third-order valence-electron chi connectivity index (χ3n) is 5.20. The van der Waals surface area contributed by atoms with Crippen LogP contribution in [-0.2, 0) is 19.4 Å². The fourth-order valence-corrected chi connectivity index (χ4v) is 3.87. The first-order chi connectivity index (χ1) is 10.2. The summed E-state index contributed by atoms with van der Waals surface area (Å²) in [5.41, 5.74) is 2.65. The van der Waals surface area contributed by atoms with Gasteiger partial charge in [0.05, 0.1) is 5.69 Å². The van der Waals surface area contributed by atoms with Crippen LogP contribution in [0.25, 0.3) is 0 Å². The lowest BCUT2D eigenvalue weighted by molar-refractivity contribution is 0.342. The second-order valence-electron chi connectivity index (χ2n) is 6.51. The predicted molar refractivity (Wildman–Crippen MR) is 89.6 cm³/mol. The van der Waals surface area contributed by atoms with Gasteiger partial charge in [0, 0.05) is 24.7 Å². The molecule has 0 radical (unpaired) electrons. The van der Waals surface area contributed by atoms with Gasteiger partial charge in [-0.25, -0.2) is 0 Å². The van der Waals surface area contributed by atoms with E-state index >= 15 is 0 Å². The standard InChI is InChI=1S/C18H33N3/c1-5-14-9-10-15(11-14)18(19-7-3)13-17-12-16(6-2)20-21(17)8-4/h12,14-15,18-19H,5-11,13H2,1-4H3. The molecule has 1 aliphatic carbocycles. The Balaban J connectivity index is 2.07. The largest absolute Gasteiger partial charge is 0.314 e. The van der Waals surface area contributed by atoms with Crippen LogP contribution >= 0.6 is 0 Å². The first kappa shape index (κ1) is 16.5. The van der Waals surface area contributed by atoms with Gasteiger partial charge in [-0.2, -0.15) is 5.10 Å². The molecule has 0 bridgehead atoms. The van der Waals surface area contributed by atoms with Gasteiger partial charge >= 0.3 is 0 Å². The van der Waals surface area contributed by atoms with Crippen LogP contribution in [0.5, 0.6) is 0 Å². The quantitative estimate of drug-likeness (QED) is 0.789. The molecule has 3 nitrogen and oxygen atoms in total. The maximum absolute atomic E-state index is 4.71. The van der Waals surface area contributed by atoms with Gasteiger partial charge in [-0.05, 0) is 50.6 Å². The van der Waals surface area contributed by atoms with Crippen molar-refractivity contribution in [2.75, 3.05) is 6.54 Å². The molecule has 0 saturated heterocycles. The van der Waals surface area contributed by atoms with E-state index < -0.39 is 0 Å². The minimum absolute atomic E-state index is 0.623. The van der Waals surface area contributed by atoms with Crippen molar-refractivity contribution in [1.82, 2.24) is 15.1 Å². The zero-order valence-corrected chi connectivity index (χ0v) is 14.4. The summed E-state index contributed by atoms with van der Waals surface area (Å²) >= 11 is 0. The molecule has 120 valence electrons. The number of nitrogens with one attached hydrogen (secondary N) is 1. The van der Waals surface area contributed by atoms with Gasteiger partial charge < -0.3 is 5.32 Å². The summed E-state index contributed by atoms with van der Waals surface area (Å²) in [5, 5.41) is 8.46. The van der Waals surface area contributed by atoms with Gasteiger partial charge in [-0.1, -0.05) is 33.6 Å². The highest BCUT2D eigenvalue weighted by Gasteiger charge is 2.30. The second kappa shape index (κ2) is 7.98. The molecule has 1 aliphatic rings. The van der Waals surface area contributed by atoms with Gasteiger partial charge in [-0.3, -0.25) is 4.68 Å². The van der Waals surface area contributed by atoms with Gasteiger partial charge in [0.25, 0.3) is 0 Å². The van der Waals surface area contributed by atoms with Crippen molar-refractivity contribution in [2.45, 2.75) is 78.8 Å². The molecule has 1 fully saturated rings. The van der Waals surface area contributed by atoms with Crippen molar-refractivity contribution < 1.29 is 0 Å². The molecule has 0 aliphatic heterocycles. The summed E-state index contributed by atoms with van der Waals surface area (Å²) in [6.45, 7) is 11.0. The first-order valence-corrected chi connectivity index (χ1v) is 9.00. The van der Waals surface area contributed by atoms with E-state index in [0.29, 0.717) is 6.04 Å². The Labute approximate surface area is 130 Å². The minimum atomic E-state index is 0.623. The number of rotatable bonds is 8. The fourth-order valence-electron chi connectivity index (χ4n) is 3.87. The van der Waals surface area contributed by atoms with Crippen molar-refractivity contribution in [1.29, 1.82) is 0 Å². The van der Waals surface area contributed by atoms with Crippen LogP contribution in [0.15, 0.2) is 6.07 Å². The number of hydrogen-bond donors (Lipinski definition) is 1. The Morgan fingerprint density at radius 1 is 1.29 bits per heavy atom. The average molecular weight is 291 g/mol. The molecule has 1 heterocycles. The van der Waals surface area contributed by atoms with Gasteiger partial charge in [0.1, 0.15) is 0 Å². The molecule has 1 saturated carbocycles. The van der Waals surface area contributed by atoms with E-state index in [0.717, 1.165) is 37.8 Å². The van der Waals surface area contributed by atoms with Crippen LogP contribution in [0.2, 0.25) is 0 Å². The molecule has 3 heteroatoms. The maximum Gasteiger partial charge on any atom is 0.0624 e. The molecule has 3 unspecified atom stereocenters. The van der Waals surface area contributed by atoms with Gasteiger partial charge in [0.15, 0.2) is 0 Å². The molecule has 0 amide bonds. The normalized spacial score (nSPS) is 23.6. The number of aryl methyl sites for hydroxylation is 2. The van der Waals surface area contributed by atoms with Gasteiger partial charge in [0.2, 0.25) is 0 Å². The highest BCUT2D eigenvalue weighted by molar-refractivity contribution is 5.12. The Bertz CT molecular complexity index is 424. The molecular formula is C18H33N3. The third kappa shape index (κ3) is 4.09. The molecule has 3 atom stereocenters. The Morgan fingerprint density at radius 2 is 2.10 bits per heavy atom. The Kier molecular flexibility index (Phi) is 6.28. The fraction of sp³-hybridized carbons (Fsp3) is 0.833. The second-order valence-corrected chi connectivity index (χ2v) is 6.51. The zero-order valence-electron chi connectivity index (χ0n) is 14.4. The van der Waals surface area contributed by atoms with Crippen LogP contribution in [0.4, 0.5) is 0 Å². The van der Waals surface area contributed by atoms with Crippen LogP contribution in [0.3, 0.4) is 0 Å². The van der Waals surface area contributed by atoms with Crippen LogP contribution < -0.4 is 5.32 Å². The lowest BCUT2D eigenvalue weighted by Crippen LogP contribution is -2.37. The first-order valence-electron chi connectivity index (χ1n) is 9.00. The zero-order chi connectivity index (χ0) is 15.2. The summed E-state index contributed by atoms with van der Waals surface area (Å²) in [6.07, 6.45) is 7.76. The highest BCUT2D eigenvalue weighted by Crippen LogP contribution is 2.35. The van der Waals surface area contributed by atoms with Crippen molar-refractivity contribution in [3.63, 3.8) is 0 Å². The van der Waals surface area contributed by atoms with E-state index in [-0.39, 0.29) is 0 Å². The summed E-state index contributed by atoms with van der Waals surface area (Å²) < 4.78 is 2.20. The van der Waals surface area contributed by atoms with Crippen LogP contribution in [0.1, 0.15) is 64.8 Å². The van der Waals surface area contributed by atoms with Gasteiger partial charge in [-0.15, -0.1) is 0 Å². The summed E-state index contributed by atoms with van der Waals surface area (Å²) in [5.74, 6) is 1.80. The van der Waals surface area contributed by atoms with E-state index in [1.54, 1.807) is 0 Å². The molecule has 21 heavy (non-hydrogen) atoms. The molecule has 1 N–H and O–H groups in total. The smallest absolute Gasteiger partial charge is 0.0624 e. The van der Waals surface area contributed by atoms with Crippen molar-refractivity contribution in [3.05, 3.63) is 17.5 Å². The summed E-state index contributed by atoms with van der Waals surface area (Å²) in [6, 6.07) is 2.94. The lowest BCUT2D eigenvalue weighted by atomic mass is 9.92. The molecule has 0 spiro atoms. The van der Waals surface area contributed by atoms with Crippen LogP contribution in [-0.4, -0.2) is 22.4 Å². The number of likely N-dealkylation sites (N-methyl/N-ethyl adjacent to an activating group) is 1. The van der Waals surface area contributed by atoms with E-state index in [2.05, 4.69) is 43.8 Å². The van der Waals surface area contributed by atoms with Crippen LogP contribution in [0, 0.1) is 11.8 Å². The topological polar surface area (TPSA) is 29.9 Å². The Morgan fingerprint density at radius 3 is 2.67 bits per heavy atom. The molecular weight excluding hydrogens is 258 g/mol. The molecule has 1 aromatic rings. The average Bonchev–Trinajstić information content (AvgIpc) is 3.13. The summed E-state index contributed by atoms with van der Waals surface area (Å²) in [4.78, 5) is 0. The third-order valence-corrected chi connectivity index (χ3v) is 5.20. The number of nitrogens with zero attached hydrogens (tertiary/aromatic N) is 2. The number of aromatic nitrogens is 2. The van der Waals surface area contributed by atoms with Crippen molar-refractivity contribution in [3.8, 4) is 0 Å². The highest BCUT2D eigenvalue weighted by atomic mass is 15.3. The maximum atomic E-state index is 4.71. The van der Waals surface area contributed by atoms with Crippen molar-refractivity contribution in [2.24, 2.45) is 11.8 Å². The minimum Gasteiger partial charge on any atom is -0.314 e. The van der Waals surface area contributed by atoms with E-state index in [1.807, 2.05) is 0 Å². The van der Waals surface area contributed by atoms with Crippen molar-refractivity contribution >= 4 is 0 Å². The monoisotopic (exact) mass is 291 g/mol. The summed E-state index contributed by atoms with van der Waals surface area (Å²) in [7, 11) is 0. The van der Waals surface area contributed by atoms with E-state index in [9.17, 15) is 0 Å². The van der Waals surface area contributed by atoms with E-state index in [1.165, 1.54) is 37.1 Å². The molecule has 1 aromatic heterocycles. The molecule has 2 rings (SSSR count). The molecule has 0 aromatic carbocycles. The SMILES string of the molecule is CCNC(Cc1cc(CC)nn1CC)C1CCC(CC)C1. The van der Waals surface area contributed by atoms with E-state index in [4.69, 9.17) is 5.10 Å².